The number of piperidine rings is 1. The molecular weight excluding hydrogens is 518 g/mol. The van der Waals surface area contributed by atoms with Gasteiger partial charge in [0.25, 0.3) is 11.5 Å². The molecule has 11 heteroatoms. The third-order valence-electron chi connectivity index (χ3n) is 7.49. The standard InChI is InChI=1S/C29H31N3O8/c1-38-27(36)11-22(18-4-2-5-20(9-18)39-16-25(30)34)29-28(37)24(33)10-21(40-29)15-31-12-17-8-19(14-31)23-6-3-7-26(35)32(23)13-17/h2-7,9-10,17,19,22,37H,8,11-16H2,1H3,(H2,30,34)/t17-,19+,22-/m1/s1. The van der Waals surface area contributed by atoms with E-state index in [2.05, 4.69) is 4.90 Å². The van der Waals surface area contributed by atoms with E-state index in [-0.39, 0.29) is 36.2 Å². The first-order chi connectivity index (χ1) is 19.2. The van der Waals surface area contributed by atoms with Gasteiger partial charge in [0, 0.05) is 43.4 Å². The number of likely N-dealkylation sites (tertiary alicyclic amines) is 1. The normalized spacial score (nSPS) is 18.9. The number of hydrogen-bond acceptors (Lipinski definition) is 9. The lowest BCUT2D eigenvalue weighted by Gasteiger charge is -2.42. The highest BCUT2D eigenvalue weighted by atomic mass is 16.5. The third-order valence-corrected chi connectivity index (χ3v) is 7.49. The van der Waals surface area contributed by atoms with Crippen LogP contribution in [0.15, 0.2) is 62.5 Å². The number of hydrogen-bond donors (Lipinski definition) is 2. The molecule has 0 saturated carbocycles. The molecule has 2 aromatic heterocycles. The fourth-order valence-corrected chi connectivity index (χ4v) is 5.80. The fraction of sp³-hybridized carbons (Fsp3) is 0.379. The smallest absolute Gasteiger partial charge is 0.306 e. The zero-order valence-electron chi connectivity index (χ0n) is 22.1. The molecule has 2 aliphatic rings. The second-order valence-corrected chi connectivity index (χ2v) is 10.3. The summed E-state index contributed by atoms with van der Waals surface area (Å²) in [6.07, 6.45) is 0.773. The molecule has 4 heterocycles. The van der Waals surface area contributed by atoms with Gasteiger partial charge in [-0.3, -0.25) is 24.1 Å². The number of amides is 1. The average Bonchev–Trinajstić information content (AvgIpc) is 2.93. The zero-order chi connectivity index (χ0) is 28.4. The number of nitrogens with zero attached hydrogens (tertiary/aromatic N) is 2. The molecule has 3 atom stereocenters. The van der Waals surface area contributed by atoms with Crippen molar-refractivity contribution in [3.8, 4) is 11.5 Å². The maximum absolute atomic E-state index is 12.9. The van der Waals surface area contributed by atoms with Crippen molar-refractivity contribution in [2.24, 2.45) is 11.7 Å². The second kappa shape index (κ2) is 11.4. The number of fused-ring (bicyclic) bond motifs is 4. The summed E-state index contributed by atoms with van der Waals surface area (Å²) in [4.78, 5) is 50.9. The van der Waals surface area contributed by atoms with Crippen LogP contribution in [0, 0.1) is 5.92 Å². The first-order valence-electron chi connectivity index (χ1n) is 13.1. The van der Waals surface area contributed by atoms with Crippen LogP contribution in [-0.2, 0) is 27.4 Å². The molecule has 5 rings (SSSR count). The van der Waals surface area contributed by atoms with Crippen LogP contribution in [0.25, 0.3) is 0 Å². The van der Waals surface area contributed by atoms with Gasteiger partial charge in [0.05, 0.1) is 26.0 Å². The Morgan fingerprint density at radius 1 is 1.12 bits per heavy atom. The number of carbonyl (C=O) groups is 2. The topological polar surface area (TPSA) is 154 Å². The minimum Gasteiger partial charge on any atom is -0.502 e. The summed E-state index contributed by atoms with van der Waals surface area (Å²) in [6, 6.07) is 13.2. The molecule has 0 unspecified atom stereocenters. The first-order valence-corrected chi connectivity index (χ1v) is 13.1. The molecule has 40 heavy (non-hydrogen) atoms. The molecule has 0 aliphatic carbocycles. The van der Waals surface area contributed by atoms with Crippen molar-refractivity contribution in [1.29, 1.82) is 0 Å². The Kier molecular flexibility index (Phi) is 7.74. The number of aromatic nitrogens is 1. The lowest BCUT2D eigenvalue weighted by molar-refractivity contribution is -0.141. The highest BCUT2D eigenvalue weighted by Gasteiger charge is 2.35. The first kappa shape index (κ1) is 27.2. The summed E-state index contributed by atoms with van der Waals surface area (Å²) in [5.74, 6) is -1.60. The van der Waals surface area contributed by atoms with Gasteiger partial charge in [-0.1, -0.05) is 18.2 Å². The quantitative estimate of drug-likeness (QED) is 0.380. The van der Waals surface area contributed by atoms with Crippen molar-refractivity contribution in [2.45, 2.75) is 37.8 Å². The van der Waals surface area contributed by atoms with Crippen LogP contribution in [0.4, 0.5) is 0 Å². The SMILES string of the molecule is COC(=O)C[C@H](c1cccc(OCC(N)=O)c1)c1oc(CN2C[C@H]3C[C@@H](C2)c2cccc(=O)n2C3)cc(=O)c1O. The van der Waals surface area contributed by atoms with E-state index >= 15 is 0 Å². The number of esters is 1. The Hall–Kier alpha value is -4.38. The third kappa shape index (κ3) is 5.79. The highest BCUT2D eigenvalue weighted by Crippen LogP contribution is 2.37. The summed E-state index contributed by atoms with van der Waals surface area (Å²) in [7, 11) is 1.25. The Bertz CT molecular complexity index is 1540. The van der Waals surface area contributed by atoms with Gasteiger partial charge in [0.2, 0.25) is 11.2 Å². The molecule has 1 saturated heterocycles. The van der Waals surface area contributed by atoms with Crippen LogP contribution in [0.3, 0.4) is 0 Å². The van der Waals surface area contributed by atoms with Gasteiger partial charge < -0.3 is 29.3 Å². The molecule has 2 bridgehead atoms. The predicted molar refractivity (Wildman–Crippen MR) is 143 cm³/mol. The van der Waals surface area contributed by atoms with Crippen molar-refractivity contribution in [2.75, 3.05) is 26.8 Å². The zero-order valence-corrected chi connectivity index (χ0v) is 22.1. The summed E-state index contributed by atoms with van der Waals surface area (Å²) in [6.45, 7) is 2.03. The van der Waals surface area contributed by atoms with Gasteiger partial charge in [-0.2, -0.15) is 0 Å². The Labute approximate surface area is 229 Å². The number of primary amides is 1. The highest BCUT2D eigenvalue weighted by molar-refractivity contribution is 5.75. The lowest BCUT2D eigenvalue weighted by atomic mass is 9.83. The molecule has 1 amide bonds. The van der Waals surface area contributed by atoms with E-state index in [0.29, 0.717) is 36.7 Å². The van der Waals surface area contributed by atoms with Gasteiger partial charge in [-0.05, 0) is 36.1 Å². The number of ether oxygens (including phenoxy) is 2. The van der Waals surface area contributed by atoms with E-state index in [4.69, 9.17) is 19.6 Å². The average molecular weight is 550 g/mol. The van der Waals surface area contributed by atoms with Crippen LogP contribution >= 0.6 is 0 Å². The largest absolute Gasteiger partial charge is 0.502 e. The van der Waals surface area contributed by atoms with Crippen molar-refractivity contribution >= 4 is 11.9 Å². The van der Waals surface area contributed by atoms with Gasteiger partial charge in [-0.25, -0.2) is 0 Å². The van der Waals surface area contributed by atoms with Crippen molar-refractivity contribution in [3.05, 3.63) is 91.9 Å². The Morgan fingerprint density at radius 3 is 2.70 bits per heavy atom. The van der Waals surface area contributed by atoms with E-state index < -0.39 is 29.0 Å². The minimum absolute atomic E-state index is 0.00978. The summed E-state index contributed by atoms with van der Waals surface area (Å²) >= 11 is 0. The predicted octanol–water partition coefficient (Wildman–Crippen LogP) is 1.69. The van der Waals surface area contributed by atoms with Crippen LogP contribution in [0.1, 0.15) is 47.5 Å². The number of pyridine rings is 1. The summed E-state index contributed by atoms with van der Waals surface area (Å²) in [5, 5.41) is 10.8. The number of nitrogens with two attached hydrogens (primary N) is 1. The number of carbonyl (C=O) groups excluding carboxylic acids is 2. The van der Waals surface area contributed by atoms with E-state index in [0.717, 1.165) is 18.7 Å². The number of rotatable bonds is 9. The minimum atomic E-state index is -0.864. The van der Waals surface area contributed by atoms with Crippen LogP contribution in [0.5, 0.6) is 11.5 Å². The molecule has 3 N–H and O–H groups in total. The number of aromatic hydroxyl groups is 1. The van der Waals surface area contributed by atoms with E-state index in [1.807, 2.05) is 10.6 Å². The van der Waals surface area contributed by atoms with Crippen LogP contribution in [0.2, 0.25) is 0 Å². The second-order valence-electron chi connectivity index (χ2n) is 10.3. The molecule has 3 aromatic rings. The van der Waals surface area contributed by atoms with Gasteiger partial charge in [-0.15, -0.1) is 0 Å². The van der Waals surface area contributed by atoms with Crippen molar-refractivity contribution in [3.63, 3.8) is 0 Å². The molecular formula is C29H31N3O8. The van der Waals surface area contributed by atoms with Gasteiger partial charge in [0.1, 0.15) is 11.5 Å². The molecule has 0 radical (unpaired) electrons. The lowest BCUT2D eigenvalue weighted by Crippen LogP contribution is -2.46. The number of benzene rings is 1. The number of methoxy groups -OCH3 is 1. The summed E-state index contributed by atoms with van der Waals surface area (Å²) < 4.78 is 18.3. The Morgan fingerprint density at radius 2 is 1.93 bits per heavy atom. The maximum Gasteiger partial charge on any atom is 0.306 e. The summed E-state index contributed by atoms with van der Waals surface area (Å²) in [5.41, 5.74) is 6.09. The Balaban J connectivity index is 1.44. The van der Waals surface area contributed by atoms with Crippen LogP contribution < -0.4 is 21.5 Å². The van der Waals surface area contributed by atoms with Crippen molar-refractivity contribution < 1.29 is 28.6 Å². The molecule has 210 valence electrons. The van der Waals surface area contributed by atoms with Gasteiger partial charge >= 0.3 is 5.97 Å². The molecule has 0 spiro atoms. The van der Waals surface area contributed by atoms with Gasteiger partial charge in [0.15, 0.2) is 12.4 Å². The molecule has 1 fully saturated rings. The van der Waals surface area contributed by atoms with Crippen LogP contribution in [-0.4, -0.2) is 53.3 Å². The van der Waals surface area contributed by atoms with E-state index in [9.17, 15) is 24.3 Å². The van der Waals surface area contributed by atoms with E-state index in [1.54, 1.807) is 36.4 Å². The monoisotopic (exact) mass is 549 g/mol. The maximum atomic E-state index is 12.9. The molecule has 2 aliphatic heterocycles. The fourth-order valence-electron chi connectivity index (χ4n) is 5.80. The van der Waals surface area contributed by atoms with E-state index in [1.165, 1.54) is 13.2 Å². The molecule has 11 nitrogen and oxygen atoms in total. The van der Waals surface area contributed by atoms with Crippen molar-refractivity contribution in [1.82, 2.24) is 9.47 Å². The molecule has 1 aromatic carbocycles.